The Morgan fingerprint density at radius 3 is 2.74 bits per heavy atom. The fraction of sp³-hybridized carbons (Fsp3) is 0.750. The van der Waals surface area contributed by atoms with Crippen molar-refractivity contribution in [2.24, 2.45) is 5.41 Å². The Bertz CT molecular complexity index is 550. The van der Waals surface area contributed by atoms with Crippen LogP contribution in [0.3, 0.4) is 0 Å². The maximum Gasteiger partial charge on any atom is 0.257 e. The summed E-state index contributed by atoms with van der Waals surface area (Å²) in [5.41, 5.74) is -0.196. The quantitative estimate of drug-likeness (QED) is 0.852. The lowest BCUT2D eigenvalue weighted by Gasteiger charge is -2.51. The van der Waals surface area contributed by atoms with Crippen molar-refractivity contribution in [2.75, 3.05) is 6.61 Å². The molecule has 0 spiro atoms. The van der Waals surface area contributed by atoms with Gasteiger partial charge in [0.25, 0.3) is 10.0 Å². The van der Waals surface area contributed by atoms with Crippen molar-refractivity contribution in [1.29, 1.82) is 0 Å². The maximum atomic E-state index is 12.2. The van der Waals surface area contributed by atoms with E-state index in [0.29, 0.717) is 18.9 Å². The SMILES string of the molecule is CCOC1CC(NS(=O)(=O)c2cnc(C)[nH]2)C1(C)C. The Kier molecular flexibility index (Phi) is 3.72. The Morgan fingerprint density at radius 2 is 2.26 bits per heavy atom. The van der Waals surface area contributed by atoms with Gasteiger partial charge in [0.1, 0.15) is 5.82 Å². The molecule has 108 valence electrons. The van der Waals surface area contributed by atoms with Crippen LogP contribution in [0.5, 0.6) is 0 Å². The summed E-state index contributed by atoms with van der Waals surface area (Å²) in [6, 6.07) is -0.113. The zero-order valence-electron chi connectivity index (χ0n) is 11.7. The van der Waals surface area contributed by atoms with Gasteiger partial charge in [0.05, 0.1) is 12.3 Å². The first-order valence-corrected chi connectivity index (χ1v) is 7.91. The highest BCUT2D eigenvalue weighted by Crippen LogP contribution is 2.43. The maximum absolute atomic E-state index is 12.2. The van der Waals surface area contributed by atoms with Crippen LogP contribution < -0.4 is 4.72 Å². The first kappa shape index (κ1) is 14.5. The summed E-state index contributed by atoms with van der Waals surface area (Å²) in [5, 5.41) is 0.112. The number of aromatic nitrogens is 2. The molecule has 1 aliphatic rings. The summed E-state index contributed by atoms with van der Waals surface area (Å²) in [6.07, 6.45) is 2.14. The highest BCUT2D eigenvalue weighted by Gasteiger charge is 2.50. The predicted molar refractivity (Wildman–Crippen MR) is 71.2 cm³/mol. The lowest BCUT2D eigenvalue weighted by atomic mass is 9.65. The van der Waals surface area contributed by atoms with E-state index in [4.69, 9.17) is 4.74 Å². The number of nitrogens with one attached hydrogen (secondary N) is 2. The van der Waals surface area contributed by atoms with Crippen molar-refractivity contribution >= 4 is 10.0 Å². The molecule has 0 bridgehead atoms. The number of rotatable bonds is 5. The number of hydrogen-bond donors (Lipinski definition) is 2. The second-order valence-corrected chi connectivity index (χ2v) is 7.19. The van der Waals surface area contributed by atoms with E-state index in [1.807, 2.05) is 20.8 Å². The average Bonchev–Trinajstić information content (AvgIpc) is 2.75. The zero-order chi connectivity index (χ0) is 14.3. The van der Waals surface area contributed by atoms with E-state index in [0.717, 1.165) is 0 Å². The molecule has 1 aromatic rings. The molecule has 0 radical (unpaired) electrons. The van der Waals surface area contributed by atoms with E-state index in [1.54, 1.807) is 6.92 Å². The second kappa shape index (κ2) is 4.88. The number of nitrogens with zero attached hydrogens (tertiary/aromatic N) is 1. The smallest absolute Gasteiger partial charge is 0.257 e. The van der Waals surface area contributed by atoms with Crippen molar-refractivity contribution in [2.45, 2.75) is 51.3 Å². The lowest BCUT2D eigenvalue weighted by Crippen LogP contribution is -2.61. The molecule has 2 rings (SSSR count). The van der Waals surface area contributed by atoms with Crippen LogP contribution in [0.15, 0.2) is 11.2 Å². The van der Waals surface area contributed by atoms with Crippen molar-refractivity contribution in [3.63, 3.8) is 0 Å². The van der Waals surface area contributed by atoms with Crippen molar-refractivity contribution in [3.8, 4) is 0 Å². The average molecular weight is 287 g/mol. The summed E-state index contributed by atoms with van der Waals surface area (Å²) < 4.78 is 32.7. The third-order valence-electron chi connectivity index (χ3n) is 3.81. The number of imidazole rings is 1. The molecule has 2 N–H and O–H groups in total. The van der Waals surface area contributed by atoms with Crippen molar-refractivity contribution in [1.82, 2.24) is 14.7 Å². The Balaban J connectivity index is 2.07. The molecule has 0 saturated heterocycles. The summed E-state index contributed by atoms with van der Waals surface area (Å²) in [6.45, 7) is 8.34. The van der Waals surface area contributed by atoms with Crippen LogP contribution in [0.4, 0.5) is 0 Å². The molecular weight excluding hydrogens is 266 g/mol. The molecule has 0 amide bonds. The Labute approximate surface area is 114 Å². The molecule has 2 atom stereocenters. The summed E-state index contributed by atoms with van der Waals surface area (Å²) >= 11 is 0. The summed E-state index contributed by atoms with van der Waals surface area (Å²) in [5.74, 6) is 0.584. The fourth-order valence-corrected chi connectivity index (χ4v) is 3.73. The molecule has 1 fully saturated rings. The lowest BCUT2D eigenvalue weighted by molar-refractivity contribution is -0.108. The van der Waals surface area contributed by atoms with Gasteiger partial charge in [0.15, 0.2) is 5.03 Å². The molecule has 1 saturated carbocycles. The van der Waals surface area contributed by atoms with Crippen molar-refractivity contribution in [3.05, 3.63) is 12.0 Å². The number of hydrogen-bond acceptors (Lipinski definition) is 4. The molecule has 0 aliphatic heterocycles. The van der Waals surface area contributed by atoms with Crippen LogP contribution in [0, 0.1) is 12.3 Å². The van der Waals surface area contributed by atoms with Crippen LogP contribution in [-0.4, -0.2) is 37.1 Å². The highest BCUT2D eigenvalue weighted by molar-refractivity contribution is 7.89. The molecule has 0 aromatic carbocycles. The highest BCUT2D eigenvalue weighted by atomic mass is 32.2. The van der Waals surface area contributed by atoms with Gasteiger partial charge in [-0.2, -0.15) is 0 Å². The van der Waals surface area contributed by atoms with Crippen molar-refractivity contribution < 1.29 is 13.2 Å². The number of sulfonamides is 1. The van der Waals surface area contributed by atoms with E-state index in [2.05, 4.69) is 14.7 Å². The Hall–Kier alpha value is -0.920. The van der Waals surface area contributed by atoms with Gasteiger partial charge in [-0.05, 0) is 20.3 Å². The molecule has 19 heavy (non-hydrogen) atoms. The number of aromatic amines is 1. The third-order valence-corrected chi connectivity index (χ3v) is 5.19. The number of ether oxygens (including phenoxy) is 1. The largest absolute Gasteiger partial charge is 0.378 e. The minimum Gasteiger partial charge on any atom is -0.378 e. The molecule has 1 aromatic heterocycles. The Morgan fingerprint density at radius 1 is 1.58 bits per heavy atom. The molecule has 6 nitrogen and oxygen atoms in total. The van der Waals surface area contributed by atoms with Gasteiger partial charge in [-0.15, -0.1) is 0 Å². The van der Waals surface area contributed by atoms with Gasteiger partial charge in [0, 0.05) is 18.1 Å². The van der Waals surface area contributed by atoms with Gasteiger partial charge in [0.2, 0.25) is 0 Å². The fourth-order valence-electron chi connectivity index (χ4n) is 2.36. The van der Waals surface area contributed by atoms with Crippen LogP contribution in [0.1, 0.15) is 33.0 Å². The second-order valence-electron chi connectivity index (χ2n) is 5.51. The minimum absolute atomic E-state index is 0.105. The van der Waals surface area contributed by atoms with E-state index in [1.165, 1.54) is 6.20 Å². The van der Waals surface area contributed by atoms with Gasteiger partial charge in [-0.3, -0.25) is 0 Å². The van der Waals surface area contributed by atoms with Crippen LogP contribution >= 0.6 is 0 Å². The monoisotopic (exact) mass is 287 g/mol. The van der Waals surface area contributed by atoms with Gasteiger partial charge in [-0.25, -0.2) is 18.1 Å². The van der Waals surface area contributed by atoms with Gasteiger partial charge in [-0.1, -0.05) is 13.8 Å². The summed E-state index contributed by atoms with van der Waals surface area (Å²) in [4.78, 5) is 6.66. The molecule has 7 heteroatoms. The van der Waals surface area contributed by atoms with Gasteiger partial charge < -0.3 is 9.72 Å². The van der Waals surface area contributed by atoms with Crippen LogP contribution in [0.2, 0.25) is 0 Å². The zero-order valence-corrected chi connectivity index (χ0v) is 12.5. The minimum atomic E-state index is -3.53. The van der Waals surface area contributed by atoms with Gasteiger partial charge >= 0.3 is 0 Å². The van der Waals surface area contributed by atoms with E-state index < -0.39 is 10.0 Å². The molecule has 2 unspecified atom stereocenters. The molecule has 1 aliphatic carbocycles. The molecular formula is C12H21N3O3S. The number of aryl methyl sites for hydroxylation is 1. The predicted octanol–water partition coefficient (Wildman–Crippen LogP) is 1.20. The normalized spacial score (nSPS) is 26.1. The molecule has 1 heterocycles. The standard InChI is InChI=1S/C12H21N3O3S/c1-5-18-10-6-9(12(10,3)4)15-19(16,17)11-7-13-8(2)14-11/h7,9-10,15H,5-6H2,1-4H3,(H,13,14). The van der Waals surface area contributed by atoms with E-state index in [-0.39, 0.29) is 22.6 Å². The van der Waals surface area contributed by atoms with Crippen LogP contribution in [-0.2, 0) is 14.8 Å². The number of H-pyrrole nitrogens is 1. The first-order chi connectivity index (χ1) is 8.77. The van der Waals surface area contributed by atoms with Crippen LogP contribution in [0.25, 0.3) is 0 Å². The van der Waals surface area contributed by atoms with E-state index >= 15 is 0 Å². The topological polar surface area (TPSA) is 84.1 Å². The first-order valence-electron chi connectivity index (χ1n) is 6.43. The summed E-state index contributed by atoms with van der Waals surface area (Å²) in [7, 11) is -3.53. The third kappa shape index (κ3) is 2.68. The van der Waals surface area contributed by atoms with E-state index in [9.17, 15) is 8.42 Å².